The zero-order chi connectivity index (χ0) is 15.7. The number of carbonyl (C=O) groups is 1. The van der Waals surface area contributed by atoms with Gasteiger partial charge in [-0.2, -0.15) is 0 Å². The molecule has 0 amide bonds. The molecule has 0 spiro atoms. The highest BCUT2D eigenvalue weighted by Crippen LogP contribution is 2.49. The van der Waals surface area contributed by atoms with E-state index in [-0.39, 0.29) is 23.7 Å². The second-order valence-corrected chi connectivity index (χ2v) is 6.60. The van der Waals surface area contributed by atoms with Crippen molar-refractivity contribution < 1.29 is 13.9 Å². The lowest BCUT2D eigenvalue weighted by Gasteiger charge is -2.30. The summed E-state index contributed by atoms with van der Waals surface area (Å²) in [4.78, 5) is 12.2. The van der Waals surface area contributed by atoms with Crippen LogP contribution >= 0.6 is 0 Å². The maximum atomic E-state index is 13.6. The third-order valence-corrected chi connectivity index (χ3v) is 5.25. The van der Waals surface area contributed by atoms with Gasteiger partial charge in [-0.3, -0.25) is 4.79 Å². The SMILES string of the molecule is CCOC(=O)C1C(NCc2ccc(C)c(F)c2)[C@H]2CC[C@@H]1C2. The van der Waals surface area contributed by atoms with Crippen LogP contribution in [0.5, 0.6) is 0 Å². The van der Waals surface area contributed by atoms with Crippen LogP contribution in [-0.2, 0) is 16.1 Å². The molecule has 0 aromatic heterocycles. The lowest BCUT2D eigenvalue weighted by atomic mass is 9.84. The number of rotatable bonds is 5. The third kappa shape index (κ3) is 2.89. The molecule has 4 heteroatoms. The number of carbonyl (C=O) groups excluding carboxylic acids is 1. The second kappa shape index (κ2) is 6.37. The van der Waals surface area contributed by atoms with E-state index in [0.717, 1.165) is 18.4 Å². The Morgan fingerprint density at radius 2 is 2.14 bits per heavy atom. The lowest BCUT2D eigenvalue weighted by Crippen LogP contribution is -2.44. The molecule has 0 saturated heterocycles. The molecule has 2 fully saturated rings. The molecule has 22 heavy (non-hydrogen) atoms. The number of hydrogen-bond acceptors (Lipinski definition) is 3. The van der Waals surface area contributed by atoms with E-state index in [9.17, 15) is 9.18 Å². The summed E-state index contributed by atoms with van der Waals surface area (Å²) < 4.78 is 18.9. The molecule has 1 aromatic rings. The molecule has 2 unspecified atom stereocenters. The van der Waals surface area contributed by atoms with Crippen molar-refractivity contribution >= 4 is 5.97 Å². The van der Waals surface area contributed by atoms with E-state index in [1.165, 1.54) is 6.42 Å². The Morgan fingerprint density at radius 3 is 2.86 bits per heavy atom. The summed E-state index contributed by atoms with van der Waals surface area (Å²) in [6.07, 6.45) is 3.43. The van der Waals surface area contributed by atoms with Gasteiger partial charge in [-0.25, -0.2) is 4.39 Å². The molecule has 0 heterocycles. The van der Waals surface area contributed by atoms with Gasteiger partial charge in [-0.1, -0.05) is 12.1 Å². The number of aryl methyl sites for hydroxylation is 1. The molecule has 3 nitrogen and oxygen atoms in total. The van der Waals surface area contributed by atoms with Crippen LogP contribution in [0.1, 0.15) is 37.3 Å². The number of fused-ring (bicyclic) bond motifs is 2. The standard InChI is InChI=1S/C18H24FNO2/c1-3-22-18(21)16-13-6-7-14(9-13)17(16)20-10-12-5-4-11(2)15(19)8-12/h4-5,8,13-14,16-17,20H,3,6-7,9-10H2,1-2H3/t13-,14+,16?,17?/m1/s1. The van der Waals surface area contributed by atoms with Gasteiger partial charge < -0.3 is 10.1 Å². The average molecular weight is 305 g/mol. The van der Waals surface area contributed by atoms with Gasteiger partial charge >= 0.3 is 5.97 Å². The summed E-state index contributed by atoms with van der Waals surface area (Å²) in [5.74, 6) is 0.733. The normalized spacial score (nSPS) is 29.8. The van der Waals surface area contributed by atoms with Crippen LogP contribution in [0.4, 0.5) is 4.39 Å². The summed E-state index contributed by atoms with van der Waals surface area (Å²) in [5.41, 5.74) is 1.58. The van der Waals surface area contributed by atoms with Gasteiger partial charge in [0.1, 0.15) is 5.82 Å². The highest BCUT2D eigenvalue weighted by molar-refractivity contribution is 5.74. The van der Waals surface area contributed by atoms with Gasteiger partial charge in [-0.05, 0) is 62.1 Å². The van der Waals surface area contributed by atoms with E-state index in [0.29, 0.717) is 30.6 Å². The zero-order valence-corrected chi connectivity index (χ0v) is 13.3. The van der Waals surface area contributed by atoms with Gasteiger partial charge in [0.2, 0.25) is 0 Å². The Hall–Kier alpha value is -1.42. The fraction of sp³-hybridized carbons (Fsp3) is 0.611. The van der Waals surface area contributed by atoms with Crippen molar-refractivity contribution in [3.05, 3.63) is 35.1 Å². The van der Waals surface area contributed by atoms with Crippen LogP contribution in [0.2, 0.25) is 0 Å². The Labute approximate surface area is 131 Å². The molecule has 4 atom stereocenters. The number of esters is 1. The first-order valence-corrected chi connectivity index (χ1v) is 8.25. The number of benzene rings is 1. The molecule has 2 saturated carbocycles. The van der Waals surface area contributed by atoms with Crippen LogP contribution < -0.4 is 5.32 Å². The highest BCUT2D eigenvalue weighted by Gasteiger charge is 2.51. The van der Waals surface area contributed by atoms with Gasteiger partial charge in [-0.15, -0.1) is 0 Å². The molecule has 3 rings (SSSR count). The molecule has 2 aliphatic rings. The molecule has 120 valence electrons. The minimum Gasteiger partial charge on any atom is -0.466 e. The van der Waals surface area contributed by atoms with E-state index in [1.54, 1.807) is 19.1 Å². The predicted octanol–water partition coefficient (Wildman–Crippen LogP) is 3.20. The lowest BCUT2D eigenvalue weighted by molar-refractivity contribution is -0.150. The summed E-state index contributed by atoms with van der Waals surface area (Å²) in [6, 6.07) is 5.49. The molecular weight excluding hydrogens is 281 g/mol. The summed E-state index contributed by atoms with van der Waals surface area (Å²) in [7, 11) is 0. The van der Waals surface area contributed by atoms with Crippen molar-refractivity contribution in [3.8, 4) is 0 Å². The van der Waals surface area contributed by atoms with Crippen LogP contribution in [0.3, 0.4) is 0 Å². The second-order valence-electron chi connectivity index (χ2n) is 6.60. The van der Waals surface area contributed by atoms with E-state index in [4.69, 9.17) is 4.74 Å². The van der Waals surface area contributed by atoms with E-state index < -0.39 is 0 Å². The average Bonchev–Trinajstić information content (AvgIpc) is 3.09. The first-order chi connectivity index (χ1) is 10.6. The summed E-state index contributed by atoms with van der Waals surface area (Å²) in [6.45, 7) is 4.64. The Kier molecular flexibility index (Phi) is 4.48. The van der Waals surface area contributed by atoms with Crippen molar-refractivity contribution in [1.82, 2.24) is 5.32 Å². The number of hydrogen-bond donors (Lipinski definition) is 1. The predicted molar refractivity (Wildman–Crippen MR) is 82.7 cm³/mol. The number of halogens is 1. The molecular formula is C18H24FNO2. The van der Waals surface area contributed by atoms with Crippen LogP contribution in [-0.4, -0.2) is 18.6 Å². The number of nitrogens with one attached hydrogen (secondary N) is 1. The third-order valence-electron chi connectivity index (χ3n) is 5.25. The van der Waals surface area contributed by atoms with Gasteiger partial charge in [0.05, 0.1) is 12.5 Å². The van der Waals surface area contributed by atoms with Crippen molar-refractivity contribution in [2.75, 3.05) is 6.61 Å². The van der Waals surface area contributed by atoms with E-state index in [2.05, 4.69) is 5.32 Å². The van der Waals surface area contributed by atoms with Crippen molar-refractivity contribution in [3.63, 3.8) is 0 Å². The minimum atomic E-state index is -0.172. The first-order valence-electron chi connectivity index (χ1n) is 8.25. The zero-order valence-electron chi connectivity index (χ0n) is 13.3. The minimum absolute atomic E-state index is 0.0333. The molecule has 2 aliphatic carbocycles. The van der Waals surface area contributed by atoms with Gasteiger partial charge in [0.15, 0.2) is 0 Å². The van der Waals surface area contributed by atoms with Crippen molar-refractivity contribution in [2.24, 2.45) is 17.8 Å². The van der Waals surface area contributed by atoms with Crippen LogP contribution in [0, 0.1) is 30.5 Å². The van der Waals surface area contributed by atoms with Crippen molar-refractivity contribution in [2.45, 2.75) is 45.7 Å². The van der Waals surface area contributed by atoms with Gasteiger partial charge in [0, 0.05) is 12.6 Å². The maximum absolute atomic E-state index is 13.6. The largest absolute Gasteiger partial charge is 0.466 e. The Balaban J connectivity index is 1.67. The summed E-state index contributed by atoms with van der Waals surface area (Å²) >= 11 is 0. The maximum Gasteiger partial charge on any atom is 0.310 e. The Morgan fingerprint density at radius 1 is 1.36 bits per heavy atom. The quantitative estimate of drug-likeness (QED) is 0.849. The molecule has 0 radical (unpaired) electrons. The Bertz CT molecular complexity index is 560. The topological polar surface area (TPSA) is 38.3 Å². The monoisotopic (exact) mass is 305 g/mol. The van der Waals surface area contributed by atoms with Crippen LogP contribution in [0.15, 0.2) is 18.2 Å². The molecule has 1 N–H and O–H groups in total. The van der Waals surface area contributed by atoms with E-state index >= 15 is 0 Å². The molecule has 2 bridgehead atoms. The fourth-order valence-electron chi connectivity index (χ4n) is 4.14. The van der Waals surface area contributed by atoms with Gasteiger partial charge in [0.25, 0.3) is 0 Å². The van der Waals surface area contributed by atoms with E-state index in [1.807, 2.05) is 13.0 Å². The highest BCUT2D eigenvalue weighted by atomic mass is 19.1. The smallest absolute Gasteiger partial charge is 0.310 e. The fourth-order valence-corrected chi connectivity index (χ4v) is 4.14. The number of ether oxygens (including phenoxy) is 1. The summed E-state index contributed by atoms with van der Waals surface area (Å²) in [5, 5.41) is 3.50. The van der Waals surface area contributed by atoms with Crippen LogP contribution in [0.25, 0.3) is 0 Å². The molecule has 0 aliphatic heterocycles. The van der Waals surface area contributed by atoms with Crippen molar-refractivity contribution in [1.29, 1.82) is 0 Å². The molecule has 1 aromatic carbocycles. The first kappa shape index (κ1) is 15.5.